The molecule has 0 radical (unpaired) electrons. The Bertz CT molecular complexity index is 423. The van der Waals surface area contributed by atoms with Gasteiger partial charge in [0.15, 0.2) is 0 Å². The Hall–Kier alpha value is -0.650. The minimum atomic E-state index is -0.724. The summed E-state index contributed by atoms with van der Waals surface area (Å²) in [6.45, 7) is 2.72. The SMILES string of the molecule is Cc1ccc2c(c1)SCN(CCC(=O)O)CS2. The van der Waals surface area contributed by atoms with Gasteiger partial charge in [-0.2, -0.15) is 0 Å². The van der Waals surface area contributed by atoms with Crippen LogP contribution in [-0.2, 0) is 4.79 Å². The third-order valence-electron chi connectivity index (χ3n) is 2.55. The average molecular weight is 269 g/mol. The molecule has 1 aromatic carbocycles. The van der Waals surface area contributed by atoms with E-state index in [0.29, 0.717) is 6.54 Å². The second-order valence-electron chi connectivity index (χ2n) is 4.04. The first-order valence-electron chi connectivity index (χ1n) is 5.45. The van der Waals surface area contributed by atoms with Crippen LogP contribution < -0.4 is 0 Å². The summed E-state index contributed by atoms with van der Waals surface area (Å²) in [7, 11) is 0. The van der Waals surface area contributed by atoms with Gasteiger partial charge in [-0.05, 0) is 24.6 Å². The van der Waals surface area contributed by atoms with Crippen molar-refractivity contribution in [1.82, 2.24) is 4.90 Å². The number of thioether (sulfide) groups is 2. The highest BCUT2D eigenvalue weighted by atomic mass is 32.2. The molecule has 0 atom stereocenters. The molecule has 5 heteroatoms. The molecule has 0 aromatic heterocycles. The molecule has 1 heterocycles. The molecule has 0 aliphatic carbocycles. The molecular weight excluding hydrogens is 254 g/mol. The van der Waals surface area contributed by atoms with Gasteiger partial charge in [0.2, 0.25) is 0 Å². The van der Waals surface area contributed by atoms with Gasteiger partial charge >= 0.3 is 5.97 Å². The van der Waals surface area contributed by atoms with Gasteiger partial charge in [0.05, 0.1) is 18.2 Å². The third kappa shape index (κ3) is 3.66. The van der Waals surface area contributed by atoms with Gasteiger partial charge in [-0.15, -0.1) is 23.5 Å². The molecule has 1 aliphatic rings. The van der Waals surface area contributed by atoms with Gasteiger partial charge in [-0.25, -0.2) is 0 Å². The predicted octanol–water partition coefficient (Wildman–Crippen LogP) is 2.88. The Kier molecular flexibility index (Phi) is 4.36. The minimum absolute atomic E-state index is 0.219. The Balaban J connectivity index is 1.99. The van der Waals surface area contributed by atoms with E-state index in [1.807, 2.05) is 0 Å². The average Bonchev–Trinajstić information content (AvgIpc) is 2.48. The molecule has 92 valence electrons. The number of carboxylic acids is 1. The summed E-state index contributed by atoms with van der Waals surface area (Å²) >= 11 is 3.59. The molecule has 1 aliphatic heterocycles. The van der Waals surface area contributed by atoms with Crippen LogP contribution >= 0.6 is 23.5 Å². The molecule has 0 saturated carbocycles. The van der Waals surface area contributed by atoms with Crippen LogP contribution in [0.1, 0.15) is 12.0 Å². The van der Waals surface area contributed by atoms with Crippen molar-refractivity contribution in [1.29, 1.82) is 0 Å². The van der Waals surface area contributed by atoms with E-state index in [0.717, 1.165) is 11.8 Å². The van der Waals surface area contributed by atoms with E-state index in [-0.39, 0.29) is 6.42 Å². The van der Waals surface area contributed by atoms with Crippen LogP contribution in [0.2, 0.25) is 0 Å². The standard InChI is InChI=1S/C12H15NO2S2/c1-9-2-3-10-11(6-9)17-8-13(7-16-10)5-4-12(14)15/h2-3,6H,4-5,7-8H2,1H3,(H,14,15). The lowest BCUT2D eigenvalue weighted by Gasteiger charge is -2.16. The molecule has 17 heavy (non-hydrogen) atoms. The van der Waals surface area contributed by atoms with Gasteiger partial charge < -0.3 is 5.11 Å². The number of nitrogens with zero attached hydrogens (tertiary/aromatic N) is 1. The first-order chi connectivity index (χ1) is 8.15. The van der Waals surface area contributed by atoms with Crippen LogP contribution in [0.15, 0.2) is 28.0 Å². The normalized spacial score (nSPS) is 16.3. The van der Waals surface area contributed by atoms with Crippen LogP contribution in [0.4, 0.5) is 0 Å². The molecule has 0 fully saturated rings. The molecule has 2 rings (SSSR count). The number of carboxylic acid groups (broad SMARTS) is 1. The molecule has 3 nitrogen and oxygen atoms in total. The largest absolute Gasteiger partial charge is 0.481 e. The summed E-state index contributed by atoms with van der Waals surface area (Å²) in [6, 6.07) is 6.48. The Morgan fingerprint density at radius 1 is 1.35 bits per heavy atom. The van der Waals surface area contributed by atoms with Crippen molar-refractivity contribution in [3.63, 3.8) is 0 Å². The molecule has 0 unspecified atom stereocenters. The van der Waals surface area contributed by atoms with Crippen LogP contribution in [0.5, 0.6) is 0 Å². The highest BCUT2D eigenvalue weighted by molar-refractivity contribution is 8.02. The fourth-order valence-electron chi connectivity index (χ4n) is 1.59. The maximum atomic E-state index is 10.6. The van der Waals surface area contributed by atoms with Gasteiger partial charge in [0.1, 0.15) is 0 Å². The van der Waals surface area contributed by atoms with E-state index >= 15 is 0 Å². The lowest BCUT2D eigenvalue weighted by Crippen LogP contribution is -2.24. The number of benzene rings is 1. The highest BCUT2D eigenvalue weighted by Gasteiger charge is 2.15. The van der Waals surface area contributed by atoms with Crippen molar-refractivity contribution in [2.24, 2.45) is 0 Å². The summed E-state index contributed by atoms with van der Waals surface area (Å²) in [6.07, 6.45) is 0.219. The number of fused-ring (bicyclic) bond motifs is 1. The quantitative estimate of drug-likeness (QED) is 0.913. The Morgan fingerprint density at radius 2 is 2.06 bits per heavy atom. The lowest BCUT2D eigenvalue weighted by molar-refractivity contribution is -0.137. The van der Waals surface area contributed by atoms with Crippen molar-refractivity contribution in [3.8, 4) is 0 Å². The monoisotopic (exact) mass is 269 g/mol. The first kappa shape index (κ1) is 12.8. The summed E-state index contributed by atoms with van der Waals surface area (Å²) in [4.78, 5) is 15.3. The third-order valence-corrected chi connectivity index (χ3v) is 4.98. The molecular formula is C12H15NO2S2. The number of aryl methyl sites for hydroxylation is 1. The van der Waals surface area contributed by atoms with Crippen molar-refractivity contribution in [3.05, 3.63) is 23.8 Å². The van der Waals surface area contributed by atoms with E-state index in [9.17, 15) is 4.79 Å². The second-order valence-corrected chi connectivity index (χ2v) is 6.01. The van der Waals surface area contributed by atoms with Gasteiger partial charge in [0, 0.05) is 16.3 Å². The Morgan fingerprint density at radius 3 is 2.76 bits per heavy atom. The molecule has 1 aromatic rings. The maximum absolute atomic E-state index is 10.6. The van der Waals surface area contributed by atoms with Crippen LogP contribution in [0.3, 0.4) is 0 Å². The topological polar surface area (TPSA) is 40.5 Å². The molecule has 0 bridgehead atoms. The smallest absolute Gasteiger partial charge is 0.304 e. The first-order valence-corrected chi connectivity index (χ1v) is 7.42. The van der Waals surface area contributed by atoms with Crippen molar-refractivity contribution in [2.75, 3.05) is 18.3 Å². The highest BCUT2D eigenvalue weighted by Crippen LogP contribution is 2.35. The molecule has 0 spiro atoms. The zero-order chi connectivity index (χ0) is 12.3. The van der Waals surface area contributed by atoms with Gasteiger partial charge in [-0.1, -0.05) is 6.07 Å². The maximum Gasteiger partial charge on any atom is 0.304 e. The van der Waals surface area contributed by atoms with E-state index < -0.39 is 5.97 Å². The van der Waals surface area contributed by atoms with Crippen LogP contribution in [0, 0.1) is 6.92 Å². The second kappa shape index (κ2) is 5.80. The number of hydrogen-bond acceptors (Lipinski definition) is 4. The minimum Gasteiger partial charge on any atom is -0.481 e. The van der Waals surface area contributed by atoms with E-state index in [4.69, 9.17) is 5.11 Å². The number of hydrogen-bond donors (Lipinski definition) is 1. The zero-order valence-corrected chi connectivity index (χ0v) is 11.3. The Labute approximate surface area is 110 Å². The lowest BCUT2D eigenvalue weighted by atomic mass is 10.2. The summed E-state index contributed by atoms with van der Waals surface area (Å²) < 4.78 is 0. The molecule has 1 N–H and O–H groups in total. The van der Waals surface area contributed by atoms with Crippen LogP contribution in [0.25, 0.3) is 0 Å². The van der Waals surface area contributed by atoms with Gasteiger partial charge in [-0.3, -0.25) is 9.69 Å². The zero-order valence-electron chi connectivity index (χ0n) is 9.68. The predicted molar refractivity (Wildman–Crippen MR) is 71.6 cm³/mol. The summed E-state index contributed by atoms with van der Waals surface area (Å²) in [5, 5.41) is 8.68. The van der Waals surface area contributed by atoms with E-state index in [1.54, 1.807) is 23.5 Å². The molecule has 0 amide bonds. The van der Waals surface area contributed by atoms with Crippen molar-refractivity contribution in [2.45, 2.75) is 23.1 Å². The van der Waals surface area contributed by atoms with Crippen molar-refractivity contribution >= 4 is 29.5 Å². The number of carbonyl (C=O) groups is 1. The number of rotatable bonds is 3. The summed E-state index contributed by atoms with van der Waals surface area (Å²) in [5.74, 6) is 1.02. The fourth-order valence-corrected chi connectivity index (χ4v) is 3.99. The number of aliphatic carboxylic acids is 1. The van der Waals surface area contributed by atoms with Crippen molar-refractivity contribution < 1.29 is 9.90 Å². The van der Waals surface area contributed by atoms with E-state index in [1.165, 1.54) is 15.4 Å². The fraction of sp³-hybridized carbons (Fsp3) is 0.417. The van der Waals surface area contributed by atoms with E-state index in [2.05, 4.69) is 30.0 Å². The van der Waals surface area contributed by atoms with Gasteiger partial charge in [0.25, 0.3) is 0 Å². The molecule has 0 saturated heterocycles. The van der Waals surface area contributed by atoms with Crippen LogP contribution in [-0.4, -0.2) is 34.3 Å². The summed E-state index contributed by atoms with van der Waals surface area (Å²) in [5.41, 5.74) is 1.27.